The number of benzene rings is 1. The van der Waals surface area contributed by atoms with Gasteiger partial charge < -0.3 is 10.0 Å². The van der Waals surface area contributed by atoms with E-state index in [1.165, 1.54) is 0 Å². The van der Waals surface area contributed by atoms with Crippen molar-refractivity contribution in [1.29, 1.82) is 0 Å². The number of carbonyl (C=O) groups is 1. The molecule has 0 aromatic heterocycles. The van der Waals surface area contributed by atoms with E-state index in [2.05, 4.69) is 0 Å². The summed E-state index contributed by atoms with van der Waals surface area (Å²) < 4.78 is 0. The van der Waals surface area contributed by atoms with Crippen LogP contribution >= 0.6 is 0 Å². The van der Waals surface area contributed by atoms with Crippen molar-refractivity contribution in [1.82, 2.24) is 4.90 Å². The second-order valence-corrected chi connectivity index (χ2v) is 4.39. The van der Waals surface area contributed by atoms with Crippen LogP contribution in [0.3, 0.4) is 0 Å². The van der Waals surface area contributed by atoms with E-state index >= 15 is 0 Å². The lowest BCUT2D eigenvalue weighted by atomic mass is 9.87. The van der Waals surface area contributed by atoms with Crippen LogP contribution in [0, 0.1) is 0 Å². The van der Waals surface area contributed by atoms with Crippen molar-refractivity contribution in [2.45, 2.75) is 18.1 Å². The molecule has 2 atom stereocenters. The Balaban J connectivity index is 2.06. The van der Waals surface area contributed by atoms with Crippen LogP contribution in [0.2, 0.25) is 0 Å². The summed E-state index contributed by atoms with van der Waals surface area (Å²) in [7, 11) is 0. The summed E-state index contributed by atoms with van der Waals surface area (Å²) in [6.07, 6.45) is 4.06. The van der Waals surface area contributed by atoms with Crippen molar-refractivity contribution in [2.24, 2.45) is 0 Å². The third kappa shape index (κ3) is 1.15. The molecule has 1 aromatic carbocycles. The van der Waals surface area contributed by atoms with E-state index < -0.39 is 5.60 Å². The zero-order chi connectivity index (χ0) is 11.2. The van der Waals surface area contributed by atoms with Gasteiger partial charge in [0.15, 0.2) is 0 Å². The molecule has 0 radical (unpaired) electrons. The van der Waals surface area contributed by atoms with Gasteiger partial charge >= 0.3 is 0 Å². The number of fused-ring (bicyclic) bond motifs is 1. The molecule has 3 rings (SSSR count). The maximum atomic E-state index is 11.8. The first-order chi connectivity index (χ1) is 7.72. The number of hydrogen-bond donors (Lipinski definition) is 1. The van der Waals surface area contributed by atoms with Gasteiger partial charge in [0.1, 0.15) is 5.60 Å². The number of nitrogens with zero attached hydrogens (tertiary/aromatic N) is 1. The van der Waals surface area contributed by atoms with Gasteiger partial charge in [0.05, 0.1) is 12.5 Å². The molecule has 16 heavy (non-hydrogen) atoms. The van der Waals surface area contributed by atoms with E-state index in [0.29, 0.717) is 6.54 Å². The van der Waals surface area contributed by atoms with Gasteiger partial charge in [-0.15, -0.1) is 0 Å². The third-order valence-corrected chi connectivity index (χ3v) is 3.46. The Labute approximate surface area is 94.0 Å². The lowest BCUT2D eigenvalue weighted by molar-refractivity contribution is -0.127. The highest BCUT2D eigenvalue weighted by atomic mass is 16.3. The smallest absolute Gasteiger partial charge is 0.226 e. The Morgan fingerprint density at radius 3 is 2.81 bits per heavy atom. The lowest BCUT2D eigenvalue weighted by Crippen LogP contribution is -2.38. The van der Waals surface area contributed by atoms with Crippen LogP contribution < -0.4 is 0 Å². The fourth-order valence-corrected chi connectivity index (χ4v) is 2.63. The van der Waals surface area contributed by atoms with Gasteiger partial charge in [0.2, 0.25) is 5.91 Å². The second kappa shape index (κ2) is 3.19. The quantitative estimate of drug-likeness (QED) is 0.711. The lowest BCUT2D eigenvalue weighted by Gasteiger charge is -2.28. The highest BCUT2D eigenvalue weighted by molar-refractivity contribution is 5.82. The van der Waals surface area contributed by atoms with Crippen LogP contribution in [0.25, 0.3) is 0 Å². The van der Waals surface area contributed by atoms with Crippen molar-refractivity contribution in [3.8, 4) is 0 Å². The molecule has 1 aromatic rings. The summed E-state index contributed by atoms with van der Waals surface area (Å²) in [6, 6.07) is 9.25. The molecule has 1 amide bonds. The van der Waals surface area contributed by atoms with Gasteiger partial charge in [-0.2, -0.15) is 0 Å². The molecule has 2 aliphatic heterocycles. The Morgan fingerprint density at radius 2 is 2.06 bits per heavy atom. The Morgan fingerprint density at radius 1 is 1.31 bits per heavy atom. The first-order valence-electron chi connectivity index (χ1n) is 5.46. The summed E-state index contributed by atoms with van der Waals surface area (Å²) in [5.74, 6) is 0.0290. The normalized spacial score (nSPS) is 32.2. The summed E-state index contributed by atoms with van der Waals surface area (Å²) in [5.41, 5.74) is -0.229. The summed E-state index contributed by atoms with van der Waals surface area (Å²) >= 11 is 0. The average Bonchev–Trinajstić information content (AvgIpc) is 2.86. The van der Waals surface area contributed by atoms with Gasteiger partial charge in [0.25, 0.3) is 0 Å². The van der Waals surface area contributed by atoms with E-state index in [1.54, 1.807) is 4.90 Å². The molecule has 0 saturated carbocycles. The van der Waals surface area contributed by atoms with Crippen LogP contribution in [-0.4, -0.2) is 28.5 Å². The van der Waals surface area contributed by atoms with E-state index in [1.807, 2.05) is 42.5 Å². The fraction of sp³-hybridized carbons (Fsp3) is 0.308. The molecule has 2 aliphatic rings. The zero-order valence-corrected chi connectivity index (χ0v) is 8.84. The molecule has 1 saturated heterocycles. The number of hydrogen-bond acceptors (Lipinski definition) is 2. The summed E-state index contributed by atoms with van der Waals surface area (Å²) in [4.78, 5) is 13.5. The number of carbonyl (C=O) groups excluding carboxylic acids is 1. The van der Waals surface area contributed by atoms with Crippen LogP contribution in [0.15, 0.2) is 42.5 Å². The highest BCUT2D eigenvalue weighted by Crippen LogP contribution is 2.40. The van der Waals surface area contributed by atoms with Crippen molar-refractivity contribution in [2.75, 3.05) is 6.54 Å². The molecule has 0 bridgehead atoms. The van der Waals surface area contributed by atoms with Crippen LogP contribution in [0.4, 0.5) is 0 Å². The third-order valence-electron chi connectivity index (χ3n) is 3.46. The monoisotopic (exact) mass is 215 g/mol. The van der Waals surface area contributed by atoms with E-state index in [9.17, 15) is 9.90 Å². The fourth-order valence-electron chi connectivity index (χ4n) is 2.63. The molecular weight excluding hydrogens is 202 g/mol. The number of rotatable bonds is 1. The maximum Gasteiger partial charge on any atom is 0.226 e. The molecule has 3 nitrogen and oxygen atoms in total. The van der Waals surface area contributed by atoms with Crippen molar-refractivity contribution in [3.63, 3.8) is 0 Å². The standard InChI is InChI=1S/C13H13NO2/c15-12-9-13(16,10-5-2-1-3-6-10)11-7-4-8-14(11)12/h1-7,11,16H,8-9H2. The minimum atomic E-state index is -1.05. The van der Waals surface area contributed by atoms with E-state index in [4.69, 9.17) is 0 Å². The maximum absolute atomic E-state index is 11.8. The molecule has 0 spiro atoms. The molecule has 2 heterocycles. The predicted molar refractivity (Wildman–Crippen MR) is 59.6 cm³/mol. The predicted octanol–water partition coefficient (Wildman–Crippen LogP) is 1.04. The SMILES string of the molecule is O=C1CC(O)(c2ccccc2)C2C=CCN12. The van der Waals surface area contributed by atoms with Gasteiger partial charge in [-0.1, -0.05) is 42.5 Å². The first kappa shape index (κ1) is 9.60. The van der Waals surface area contributed by atoms with Gasteiger partial charge in [-0.05, 0) is 5.56 Å². The molecular formula is C13H13NO2. The average molecular weight is 215 g/mol. The Kier molecular flexibility index (Phi) is 1.91. The van der Waals surface area contributed by atoms with Crippen LogP contribution in [0.5, 0.6) is 0 Å². The van der Waals surface area contributed by atoms with Gasteiger partial charge in [0, 0.05) is 6.54 Å². The molecule has 2 unspecified atom stereocenters. The summed E-state index contributed by atoms with van der Waals surface area (Å²) in [6.45, 7) is 0.624. The molecule has 82 valence electrons. The van der Waals surface area contributed by atoms with Crippen LogP contribution in [-0.2, 0) is 10.4 Å². The van der Waals surface area contributed by atoms with Crippen molar-refractivity contribution in [3.05, 3.63) is 48.0 Å². The first-order valence-corrected chi connectivity index (χ1v) is 5.46. The second-order valence-electron chi connectivity index (χ2n) is 4.39. The van der Waals surface area contributed by atoms with Gasteiger partial charge in [-0.3, -0.25) is 4.79 Å². The minimum absolute atomic E-state index is 0.0290. The van der Waals surface area contributed by atoms with Crippen LogP contribution in [0.1, 0.15) is 12.0 Å². The molecule has 0 aliphatic carbocycles. The number of amides is 1. The van der Waals surface area contributed by atoms with E-state index in [-0.39, 0.29) is 18.4 Å². The molecule has 3 heteroatoms. The summed E-state index contributed by atoms with van der Waals surface area (Å²) in [5, 5.41) is 10.7. The Bertz CT molecular complexity index is 454. The molecule has 1 fully saturated rings. The number of aliphatic hydroxyl groups is 1. The minimum Gasteiger partial charge on any atom is -0.382 e. The zero-order valence-electron chi connectivity index (χ0n) is 8.84. The van der Waals surface area contributed by atoms with Gasteiger partial charge in [-0.25, -0.2) is 0 Å². The van der Waals surface area contributed by atoms with E-state index in [0.717, 1.165) is 5.56 Å². The topological polar surface area (TPSA) is 40.5 Å². The Hall–Kier alpha value is -1.61. The highest BCUT2D eigenvalue weighted by Gasteiger charge is 2.51. The largest absolute Gasteiger partial charge is 0.382 e. The van der Waals surface area contributed by atoms with Crippen molar-refractivity contribution >= 4 is 5.91 Å². The van der Waals surface area contributed by atoms with Crippen molar-refractivity contribution < 1.29 is 9.90 Å². The molecule has 1 N–H and O–H groups in total.